The fourth-order valence-electron chi connectivity index (χ4n) is 2.45. The molecule has 5 nitrogen and oxygen atoms in total. The van der Waals surface area contributed by atoms with E-state index >= 15 is 0 Å². The van der Waals surface area contributed by atoms with Gasteiger partial charge >= 0.3 is 0 Å². The van der Waals surface area contributed by atoms with Crippen LogP contribution in [0.1, 0.15) is 11.3 Å². The molecule has 1 aliphatic heterocycles. The lowest BCUT2D eigenvalue weighted by Gasteiger charge is -2.19. The lowest BCUT2D eigenvalue weighted by atomic mass is 9.95. The normalized spacial score (nSPS) is 21.9. The van der Waals surface area contributed by atoms with Gasteiger partial charge in [-0.1, -0.05) is 0 Å². The number of aromatic nitrogens is 3. The fraction of sp³-hybridized carbons (Fsp3) is 0.400. The first kappa shape index (κ1) is 13.0. The van der Waals surface area contributed by atoms with Crippen molar-refractivity contribution in [2.24, 2.45) is 5.92 Å². The summed E-state index contributed by atoms with van der Waals surface area (Å²) in [5.41, 5.74) is 2.21. The van der Waals surface area contributed by atoms with Crippen molar-refractivity contribution in [2.75, 3.05) is 18.5 Å². The molecule has 1 fully saturated rings. The Kier molecular flexibility index (Phi) is 3.87. The molecule has 104 valence electrons. The Morgan fingerprint density at radius 1 is 1.15 bits per heavy atom. The molecule has 0 spiro atoms. The Balaban J connectivity index is 1.65. The van der Waals surface area contributed by atoms with Crippen LogP contribution in [0.2, 0.25) is 0 Å². The number of ether oxygens (including phenoxy) is 1. The first-order valence-corrected chi connectivity index (χ1v) is 6.85. The minimum absolute atomic E-state index is 0.278. The van der Waals surface area contributed by atoms with E-state index in [0.29, 0.717) is 12.5 Å². The first-order chi connectivity index (χ1) is 9.81. The maximum absolute atomic E-state index is 5.61. The molecular weight excluding hydrogens is 252 g/mol. The summed E-state index contributed by atoms with van der Waals surface area (Å²) in [7, 11) is 0. The highest BCUT2D eigenvalue weighted by Gasteiger charge is 2.28. The Bertz CT molecular complexity index is 544. The summed E-state index contributed by atoms with van der Waals surface area (Å²) in [5, 5.41) is 11.6. The van der Waals surface area contributed by atoms with E-state index in [4.69, 9.17) is 4.74 Å². The number of pyridine rings is 1. The molecule has 0 bridgehead atoms. The lowest BCUT2D eigenvalue weighted by Crippen LogP contribution is -2.29. The molecule has 3 heterocycles. The Hall–Kier alpha value is -2.01. The average Bonchev–Trinajstić information content (AvgIpc) is 2.90. The van der Waals surface area contributed by atoms with Crippen molar-refractivity contribution in [3.63, 3.8) is 0 Å². The van der Waals surface area contributed by atoms with Crippen molar-refractivity contribution >= 4 is 5.82 Å². The van der Waals surface area contributed by atoms with Gasteiger partial charge in [-0.15, -0.1) is 5.10 Å². The second kappa shape index (κ2) is 5.96. The number of nitrogens with one attached hydrogen (secondary N) is 1. The molecular formula is C15H18N4O. The van der Waals surface area contributed by atoms with Gasteiger partial charge in [0.05, 0.1) is 24.9 Å². The second-order valence-electron chi connectivity index (χ2n) is 5.17. The van der Waals surface area contributed by atoms with Crippen molar-refractivity contribution < 1.29 is 4.74 Å². The lowest BCUT2D eigenvalue weighted by molar-refractivity contribution is 0.185. The number of hydrogen-bond acceptors (Lipinski definition) is 5. The van der Waals surface area contributed by atoms with Crippen LogP contribution in [0.25, 0.3) is 0 Å². The summed E-state index contributed by atoms with van der Waals surface area (Å²) in [5.74, 6) is 1.26. The smallest absolute Gasteiger partial charge is 0.148 e. The zero-order valence-corrected chi connectivity index (χ0v) is 11.5. The maximum Gasteiger partial charge on any atom is 0.148 e. The molecule has 0 amide bonds. The van der Waals surface area contributed by atoms with Crippen LogP contribution < -0.4 is 5.32 Å². The van der Waals surface area contributed by atoms with Crippen molar-refractivity contribution in [3.8, 4) is 0 Å². The van der Waals surface area contributed by atoms with E-state index in [1.54, 1.807) is 0 Å². The van der Waals surface area contributed by atoms with Gasteiger partial charge in [0.25, 0.3) is 0 Å². The fourth-order valence-corrected chi connectivity index (χ4v) is 2.45. The van der Waals surface area contributed by atoms with Crippen molar-refractivity contribution in [1.82, 2.24) is 15.2 Å². The molecule has 5 heteroatoms. The van der Waals surface area contributed by atoms with Crippen molar-refractivity contribution in [1.29, 1.82) is 0 Å². The summed E-state index contributed by atoms with van der Waals surface area (Å²) < 4.78 is 5.61. The highest BCUT2D eigenvalue weighted by Crippen LogP contribution is 2.21. The van der Waals surface area contributed by atoms with E-state index in [2.05, 4.69) is 32.6 Å². The number of rotatable bonds is 4. The number of anilines is 1. The summed E-state index contributed by atoms with van der Waals surface area (Å²) >= 11 is 0. The predicted molar refractivity (Wildman–Crippen MR) is 76.4 cm³/mol. The van der Waals surface area contributed by atoms with E-state index < -0.39 is 0 Å². The minimum atomic E-state index is 0.278. The molecule has 0 aliphatic carbocycles. The summed E-state index contributed by atoms with van der Waals surface area (Å²) in [6, 6.07) is 8.31. The Morgan fingerprint density at radius 3 is 2.75 bits per heavy atom. The monoisotopic (exact) mass is 270 g/mol. The van der Waals surface area contributed by atoms with Gasteiger partial charge in [-0.3, -0.25) is 4.98 Å². The topological polar surface area (TPSA) is 59.9 Å². The maximum atomic E-state index is 5.61. The Labute approximate surface area is 118 Å². The third-order valence-corrected chi connectivity index (χ3v) is 3.58. The second-order valence-corrected chi connectivity index (χ2v) is 5.17. The number of nitrogens with zero attached hydrogens (tertiary/aromatic N) is 3. The zero-order chi connectivity index (χ0) is 13.8. The van der Waals surface area contributed by atoms with Crippen LogP contribution in [0.5, 0.6) is 0 Å². The largest absolute Gasteiger partial charge is 0.379 e. The number of hydrogen-bond donors (Lipinski definition) is 1. The van der Waals surface area contributed by atoms with Gasteiger partial charge in [0.15, 0.2) is 0 Å². The van der Waals surface area contributed by atoms with Gasteiger partial charge < -0.3 is 10.1 Å². The molecule has 3 rings (SSSR count). The quantitative estimate of drug-likeness (QED) is 0.918. The zero-order valence-electron chi connectivity index (χ0n) is 11.5. The van der Waals surface area contributed by atoms with Gasteiger partial charge in [-0.2, -0.15) is 5.10 Å². The molecule has 2 aromatic rings. The third-order valence-electron chi connectivity index (χ3n) is 3.58. The first-order valence-electron chi connectivity index (χ1n) is 6.85. The van der Waals surface area contributed by atoms with Crippen LogP contribution in [0.15, 0.2) is 36.7 Å². The Morgan fingerprint density at radius 2 is 2.00 bits per heavy atom. The molecule has 1 N–H and O–H groups in total. The molecule has 0 aromatic carbocycles. The van der Waals surface area contributed by atoms with Crippen LogP contribution in [-0.2, 0) is 11.2 Å². The summed E-state index contributed by atoms with van der Waals surface area (Å²) in [6.45, 7) is 3.42. The van der Waals surface area contributed by atoms with Gasteiger partial charge in [0.2, 0.25) is 0 Å². The summed E-state index contributed by atoms with van der Waals surface area (Å²) in [6.07, 6.45) is 4.65. The van der Waals surface area contributed by atoms with Crippen molar-refractivity contribution in [3.05, 3.63) is 47.9 Å². The van der Waals surface area contributed by atoms with Gasteiger partial charge in [0, 0.05) is 18.3 Å². The third kappa shape index (κ3) is 3.11. The molecule has 0 unspecified atom stereocenters. The highest BCUT2D eigenvalue weighted by molar-refractivity contribution is 5.35. The van der Waals surface area contributed by atoms with Crippen LogP contribution in [0.4, 0.5) is 5.82 Å². The average molecular weight is 270 g/mol. The standard InChI is InChI=1S/C15H18N4O/c1-11-2-3-15(19-18-11)17-14-10-20-9-13(14)8-12-4-6-16-7-5-12/h2-7,13-14H,8-10H2,1H3,(H,17,19)/t13-,14-/m1/s1. The molecule has 20 heavy (non-hydrogen) atoms. The van der Waals surface area contributed by atoms with Gasteiger partial charge in [0.1, 0.15) is 5.82 Å². The van der Waals surface area contributed by atoms with E-state index in [1.807, 2.05) is 31.5 Å². The molecule has 0 saturated carbocycles. The van der Waals surface area contributed by atoms with Gasteiger partial charge in [-0.25, -0.2) is 0 Å². The molecule has 0 radical (unpaired) electrons. The molecule has 1 saturated heterocycles. The number of aryl methyl sites for hydroxylation is 1. The van der Waals surface area contributed by atoms with E-state index in [9.17, 15) is 0 Å². The van der Waals surface area contributed by atoms with Crippen LogP contribution in [0.3, 0.4) is 0 Å². The van der Waals surface area contributed by atoms with Crippen LogP contribution in [-0.4, -0.2) is 34.4 Å². The molecule has 2 atom stereocenters. The highest BCUT2D eigenvalue weighted by atomic mass is 16.5. The summed E-state index contributed by atoms with van der Waals surface area (Å²) in [4.78, 5) is 4.05. The van der Waals surface area contributed by atoms with Gasteiger partial charge in [-0.05, 0) is 43.2 Å². The van der Waals surface area contributed by atoms with Crippen LogP contribution >= 0.6 is 0 Å². The minimum Gasteiger partial charge on any atom is -0.379 e. The molecule has 2 aromatic heterocycles. The van der Waals surface area contributed by atoms with Crippen LogP contribution in [0, 0.1) is 12.8 Å². The predicted octanol–water partition coefficient (Wildman–Crippen LogP) is 1.85. The van der Waals surface area contributed by atoms with Crippen molar-refractivity contribution in [2.45, 2.75) is 19.4 Å². The molecule has 1 aliphatic rings. The van der Waals surface area contributed by atoms with E-state index in [-0.39, 0.29) is 6.04 Å². The van der Waals surface area contributed by atoms with E-state index in [0.717, 1.165) is 24.5 Å². The van der Waals surface area contributed by atoms with E-state index in [1.165, 1.54) is 5.56 Å². The SMILES string of the molecule is Cc1ccc(N[C@@H]2COC[C@H]2Cc2ccncc2)nn1.